The zero-order valence-electron chi connectivity index (χ0n) is 13.6. The summed E-state index contributed by atoms with van der Waals surface area (Å²) in [6.45, 7) is 3.38. The molecule has 0 aliphatic heterocycles. The van der Waals surface area contributed by atoms with Crippen LogP contribution in [0, 0.1) is 0 Å². The molecule has 24 heavy (non-hydrogen) atoms. The van der Waals surface area contributed by atoms with Gasteiger partial charge in [-0.25, -0.2) is 0 Å². The lowest BCUT2D eigenvalue weighted by atomic mass is 10.1. The summed E-state index contributed by atoms with van der Waals surface area (Å²) in [5.74, 6) is -1.67. The first-order valence-corrected chi connectivity index (χ1v) is 7.57. The van der Waals surface area contributed by atoms with Crippen LogP contribution < -0.4 is 16.0 Å². The van der Waals surface area contributed by atoms with E-state index in [9.17, 15) is 14.4 Å². The molecular weight excluding hydrogens is 306 g/mol. The average molecular weight is 325 g/mol. The van der Waals surface area contributed by atoms with Crippen molar-refractivity contribution in [2.24, 2.45) is 0 Å². The molecular formula is C18H19N3O3. The van der Waals surface area contributed by atoms with Gasteiger partial charge in [-0.05, 0) is 42.3 Å². The Balaban J connectivity index is 1.98. The number of hydrogen-bond acceptors (Lipinski definition) is 3. The normalized spacial score (nSPS) is 9.92. The third-order valence-electron chi connectivity index (χ3n) is 3.32. The molecule has 2 aromatic carbocycles. The van der Waals surface area contributed by atoms with Crippen LogP contribution in [0.3, 0.4) is 0 Å². The van der Waals surface area contributed by atoms with Crippen molar-refractivity contribution in [2.45, 2.75) is 20.3 Å². The topological polar surface area (TPSA) is 87.3 Å². The lowest BCUT2D eigenvalue weighted by Crippen LogP contribution is -2.29. The quantitative estimate of drug-likeness (QED) is 0.755. The molecule has 0 aliphatic rings. The van der Waals surface area contributed by atoms with E-state index >= 15 is 0 Å². The van der Waals surface area contributed by atoms with Crippen LogP contribution in [0.5, 0.6) is 0 Å². The zero-order chi connectivity index (χ0) is 17.5. The second kappa shape index (κ2) is 7.92. The molecule has 0 saturated carbocycles. The van der Waals surface area contributed by atoms with Gasteiger partial charge in [0.25, 0.3) is 0 Å². The van der Waals surface area contributed by atoms with Crippen LogP contribution in [0.15, 0.2) is 48.5 Å². The monoisotopic (exact) mass is 325 g/mol. The summed E-state index contributed by atoms with van der Waals surface area (Å²) in [5, 5.41) is 7.75. The van der Waals surface area contributed by atoms with E-state index in [0.29, 0.717) is 17.1 Å². The van der Waals surface area contributed by atoms with Crippen LogP contribution in [0.2, 0.25) is 0 Å². The van der Waals surface area contributed by atoms with Crippen LogP contribution in [-0.4, -0.2) is 17.7 Å². The van der Waals surface area contributed by atoms with Gasteiger partial charge in [0.2, 0.25) is 5.91 Å². The summed E-state index contributed by atoms with van der Waals surface area (Å²) in [4.78, 5) is 35.0. The van der Waals surface area contributed by atoms with Crippen LogP contribution in [0.1, 0.15) is 19.4 Å². The Morgan fingerprint density at radius 2 is 1.33 bits per heavy atom. The van der Waals surface area contributed by atoms with Crippen molar-refractivity contribution in [1.29, 1.82) is 0 Å². The molecule has 3 amide bonds. The number of amides is 3. The van der Waals surface area contributed by atoms with E-state index in [1.54, 1.807) is 36.4 Å². The molecule has 0 aromatic heterocycles. The fourth-order valence-electron chi connectivity index (χ4n) is 2.16. The van der Waals surface area contributed by atoms with Crippen LogP contribution in [-0.2, 0) is 20.8 Å². The number of anilines is 3. The first-order valence-electron chi connectivity index (χ1n) is 7.57. The lowest BCUT2D eigenvalue weighted by Gasteiger charge is -2.10. The summed E-state index contributed by atoms with van der Waals surface area (Å²) in [6.07, 6.45) is 0.753. The highest BCUT2D eigenvalue weighted by Gasteiger charge is 2.15. The predicted octanol–water partition coefficient (Wildman–Crippen LogP) is 2.78. The number of benzene rings is 2. The molecule has 2 rings (SSSR count). The van der Waals surface area contributed by atoms with Crippen molar-refractivity contribution in [3.05, 3.63) is 54.1 Å². The van der Waals surface area contributed by atoms with E-state index in [1.165, 1.54) is 6.92 Å². The fraction of sp³-hybridized carbons (Fsp3) is 0.167. The number of nitrogens with one attached hydrogen (secondary N) is 3. The Labute approximate surface area is 140 Å². The van der Waals surface area contributed by atoms with Gasteiger partial charge in [-0.2, -0.15) is 0 Å². The van der Waals surface area contributed by atoms with Crippen molar-refractivity contribution >= 4 is 34.8 Å². The van der Waals surface area contributed by atoms with Crippen LogP contribution in [0.25, 0.3) is 0 Å². The third kappa shape index (κ3) is 4.67. The standard InChI is InChI=1S/C18H19N3O3/c1-3-13-6-4-5-7-16(13)21-18(24)17(23)20-15-10-8-14(9-11-15)19-12(2)22/h4-11H,3H2,1-2H3,(H,19,22)(H,20,23)(H,21,24). The number of carbonyl (C=O) groups is 3. The number of para-hydroxylation sites is 1. The maximum atomic E-state index is 12.0. The zero-order valence-corrected chi connectivity index (χ0v) is 13.6. The molecule has 6 nitrogen and oxygen atoms in total. The van der Waals surface area contributed by atoms with Crippen molar-refractivity contribution < 1.29 is 14.4 Å². The maximum absolute atomic E-state index is 12.0. The fourth-order valence-corrected chi connectivity index (χ4v) is 2.16. The summed E-state index contributed by atoms with van der Waals surface area (Å²) in [5.41, 5.74) is 2.66. The summed E-state index contributed by atoms with van der Waals surface area (Å²) in [6, 6.07) is 13.8. The number of aryl methyl sites for hydroxylation is 1. The highest BCUT2D eigenvalue weighted by atomic mass is 16.2. The SMILES string of the molecule is CCc1ccccc1NC(=O)C(=O)Nc1ccc(NC(C)=O)cc1. The molecule has 0 aliphatic carbocycles. The van der Waals surface area contributed by atoms with Crippen LogP contribution in [0.4, 0.5) is 17.1 Å². The van der Waals surface area contributed by atoms with E-state index in [-0.39, 0.29) is 5.91 Å². The minimum absolute atomic E-state index is 0.180. The largest absolute Gasteiger partial charge is 0.326 e. The molecule has 0 fully saturated rings. The molecule has 0 bridgehead atoms. The number of carbonyl (C=O) groups excluding carboxylic acids is 3. The van der Waals surface area contributed by atoms with Gasteiger partial charge < -0.3 is 16.0 Å². The Morgan fingerprint density at radius 1 is 0.792 bits per heavy atom. The molecule has 0 saturated heterocycles. The van der Waals surface area contributed by atoms with Crippen molar-refractivity contribution in [2.75, 3.05) is 16.0 Å². The number of rotatable bonds is 4. The Bertz CT molecular complexity index is 754. The first kappa shape index (κ1) is 17.2. The third-order valence-corrected chi connectivity index (χ3v) is 3.32. The molecule has 124 valence electrons. The van der Waals surface area contributed by atoms with E-state index in [1.807, 2.05) is 19.1 Å². The second-order valence-corrected chi connectivity index (χ2v) is 5.18. The number of hydrogen-bond donors (Lipinski definition) is 3. The molecule has 0 atom stereocenters. The molecule has 0 unspecified atom stereocenters. The van der Waals surface area contributed by atoms with Crippen molar-refractivity contribution in [1.82, 2.24) is 0 Å². The van der Waals surface area contributed by atoms with E-state index in [4.69, 9.17) is 0 Å². The molecule has 0 heterocycles. The molecule has 3 N–H and O–H groups in total. The minimum atomic E-state index is -0.756. The highest BCUT2D eigenvalue weighted by molar-refractivity contribution is 6.43. The van der Waals surface area contributed by atoms with Gasteiger partial charge in [-0.15, -0.1) is 0 Å². The van der Waals surface area contributed by atoms with Gasteiger partial charge in [-0.1, -0.05) is 25.1 Å². The molecule has 6 heteroatoms. The second-order valence-electron chi connectivity index (χ2n) is 5.18. The average Bonchev–Trinajstić information content (AvgIpc) is 2.56. The Kier molecular flexibility index (Phi) is 5.68. The van der Waals surface area contributed by atoms with E-state index in [0.717, 1.165) is 12.0 Å². The summed E-state index contributed by atoms with van der Waals surface area (Å²) in [7, 11) is 0. The summed E-state index contributed by atoms with van der Waals surface area (Å²) < 4.78 is 0. The maximum Gasteiger partial charge on any atom is 0.314 e. The first-order chi connectivity index (χ1) is 11.5. The molecule has 2 aromatic rings. The minimum Gasteiger partial charge on any atom is -0.326 e. The van der Waals surface area contributed by atoms with Crippen molar-refractivity contribution in [3.8, 4) is 0 Å². The molecule has 0 spiro atoms. The summed E-state index contributed by atoms with van der Waals surface area (Å²) >= 11 is 0. The van der Waals surface area contributed by atoms with Gasteiger partial charge in [0.1, 0.15) is 0 Å². The van der Waals surface area contributed by atoms with Gasteiger partial charge in [0.15, 0.2) is 0 Å². The Morgan fingerprint density at radius 3 is 1.92 bits per heavy atom. The molecule has 0 radical (unpaired) electrons. The predicted molar refractivity (Wildman–Crippen MR) is 93.8 cm³/mol. The lowest BCUT2D eigenvalue weighted by molar-refractivity contribution is -0.133. The van der Waals surface area contributed by atoms with Crippen molar-refractivity contribution in [3.63, 3.8) is 0 Å². The highest BCUT2D eigenvalue weighted by Crippen LogP contribution is 2.16. The van der Waals surface area contributed by atoms with E-state index < -0.39 is 11.8 Å². The van der Waals surface area contributed by atoms with Gasteiger partial charge >= 0.3 is 11.8 Å². The van der Waals surface area contributed by atoms with Gasteiger partial charge in [0.05, 0.1) is 0 Å². The van der Waals surface area contributed by atoms with E-state index in [2.05, 4.69) is 16.0 Å². The van der Waals surface area contributed by atoms with Crippen LogP contribution >= 0.6 is 0 Å². The smallest absolute Gasteiger partial charge is 0.314 e. The van der Waals surface area contributed by atoms with Gasteiger partial charge in [-0.3, -0.25) is 14.4 Å². The van der Waals surface area contributed by atoms with Gasteiger partial charge in [0, 0.05) is 24.0 Å². The Hall–Kier alpha value is -3.15.